The summed E-state index contributed by atoms with van der Waals surface area (Å²) in [6.45, 7) is 3.32. The zero-order valence-electron chi connectivity index (χ0n) is 11.9. The van der Waals surface area contributed by atoms with Crippen molar-refractivity contribution in [1.29, 1.82) is 0 Å². The summed E-state index contributed by atoms with van der Waals surface area (Å²) in [5.41, 5.74) is 5.93. The maximum atomic E-state index is 13.7. The average Bonchev–Trinajstić information content (AvgIpc) is 2.38. The Balaban J connectivity index is 3.01. The molecule has 4 nitrogen and oxygen atoms in total. The molecule has 114 valence electrons. The fourth-order valence-corrected chi connectivity index (χ4v) is 3.80. The van der Waals surface area contributed by atoms with Gasteiger partial charge in [-0.2, -0.15) is 11.8 Å². The number of hydrogen-bond donors (Lipinski definition) is 2. The van der Waals surface area contributed by atoms with E-state index >= 15 is 0 Å². The first-order chi connectivity index (χ1) is 9.31. The standard InChI is InChI=1S/C13H21FN2O2S2/c1-9-6-12(7-11(8-15)13(9)14)20(17,18)16-10(2)4-5-19-3/h6-7,10,16H,4-5,8,15H2,1-3H3. The number of sulfonamides is 1. The predicted molar refractivity (Wildman–Crippen MR) is 81.8 cm³/mol. The lowest BCUT2D eigenvalue weighted by atomic mass is 10.1. The molecule has 1 atom stereocenters. The highest BCUT2D eigenvalue weighted by atomic mass is 32.2. The molecule has 0 saturated heterocycles. The molecule has 0 saturated carbocycles. The Bertz CT molecular complexity index is 562. The Morgan fingerprint density at radius 1 is 1.45 bits per heavy atom. The van der Waals surface area contributed by atoms with Crippen molar-refractivity contribution in [2.24, 2.45) is 5.73 Å². The molecule has 0 spiro atoms. The minimum Gasteiger partial charge on any atom is -0.326 e. The predicted octanol–water partition coefficient (Wildman–Crippen LogP) is 2.01. The van der Waals surface area contributed by atoms with E-state index in [2.05, 4.69) is 4.72 Å². The minimum absolute atomic E-state index is 0.0297. The van der Waals surface area contributed by atoms with Gasteiger partial charge in [-0.15, -0.1) is 0 Å². The second kappa shape index (κ2) is 7.40. The van der Waals surface area contributed by atoms with Crippen LogP contribution in [0.4, 0.5) is 4.39 Å². The van der Waals surface area contributed by atoms with E-state index in [-0.39, 0.29) is 28.6 Å². The third-order valence-electron chi connectivity index (χ3n) is 2.94. The van der Waals surface area contributed by atoms with Crippen molar-refractivity contribution < 1.29 is 12.8 Å². The summed E-state index contributed by atoms with van der Waals surface area (Å²) in [5.74, 6) is 0.432. The summed E-state index contributed by atoms with van der Waals surface area (Å²) in [6, 6.07) is 2.46. The van der Waals surface area contributed by atoms with Gasteiger partial charge in [-0.05, 0) is 50.0 Å². The number of thioether (sulfide) groups is 1. The highest BCUT2D eigenvalue weighted by molar-refractivity contribution is 7.98. The van der Waals surface area contributed by atoms with Gasteiger partial charge in [-0.25, -0.2) is 17.5 Å². The van der Waals surface area contributed by atoms with Gasteiger partial charge in [0.2, 0.25) is 10.0 Å². The summed E-state index contributed by atoms with van der Waals surface area (Å²) in [6.07, 6.45) is 2.71. The van der Waals surface area contributed by atoms with Gasteiger partial charge in [0.1, 0.15) is 5.82 Å². The summed E-state index contributed by atoms with van der Waals surface area (Å²) in [4.78, 5) is 0.0628. The monoisotopic (exact) mass is 320 g/mol. The van der Waals surface area contributed by atoms with Crippen molar-refractivity contribution in [2.45, 2.75) is 37.8 Å². The highest BCUT2D eigenvalue weighted by Gasteiger charge is 2.19. The Morgan fingerprint density at radius 2 is 2.10 bits per heavy atom. The van der Waals surface area contributed by atoms with E-state index in [1.807, 2.05) is 13.2 Å². The number of nitrogens with two attached hydrogens (primary N) is 1. The van der Waals surface area contributed by atoms with Crippen LogP contribution in [0.25, 0.3) is 0 Å². The molecule has 1 rings (SSSR count). The SMILES string of the molecule is CSCCC(C)NS(=O)(=O)c1cc(C)c(F)c(CN)c1. The van der Waals surface area contributed by atoms with Gasteiger partial charge in [0.25, 0.3) is 0 Å². The molecule has 0 fully saturated rings. The maximum absolute atomic E-state index is 13.7. The fourth-order valence-electron chi connectivity index (χ4n) is 1.80. The van der Waals surface area contributed by atoms with E-state index in [1.54, 1.807) is 11.8 Å². The van der Waals surface area contributed by atoms with Crippen LogP contribution >= 0.6 is 11.8 Å². The lowest BCUT2D eigenvalue weighted by Gasteiger charge is -2.15. The Morgan fingerprint density at radius 3 is 2.65 bits per heavy atom. The minimum atomic E-state index is -3.64. The number of aryl methyl sites for hydroxylation is 1. The van der Waals surface area contributed by atoms with Crippen LogP contribution in [0.2, 0.25) is 0 Å². The fraction of sp³-hybridized carbons (Fsp3) is 0.538. The van der Waals surface area contributed by atoms with Crippen molar-refractivity contribution >= 4 is 21.8 Å². The summed E-state index contributed by atoms with van der Waals surface area (Å²) < 4.78 is 40.8. The van der Waals surface area contributed by atoms with Crippen molar-refractivity contribution in [2.75, 3.05) is 12.0 Å². The molecule has 0 aliphatic heterocycles. The number of nitrogens with one attached hydrogen (secondary N) is 1. The quantitative estimate of drug-likeness (QED) is 0.806. The topological polar surface area (TPSA) is 72.2 Å². The molecule has 1 unspecified atom stereocenters. The zero-order valence-corrected chi connectivity index (χ0v) is 13.6. The van der Waals surface area contributed by atoms with Gasteiger partial charge >= 0.3 is 0 Å². The maximum Gasteiger partial charge on any atom is 0.240 e. The molecule has 20 heavy (non-hydrogen) atoms. The van der Waals surface area contributed by atoms with E-state index in [4.69, 9.17) is 5.73 Å². The molecule has 1 aromatic rings. The van der Waals surface area contributed by atoms with Crippen LogP contribution in [0.15, 0.2) is 17.0 Å². The first-order valence-electron chi connectivity index (χ1n) is 6.32. The largest absolute Gasteiger partial charge is 0.326 e. The molecular formula is C13H21FN2O2S2. The highest BCUT2D eigenvalue weighted by Crippen LogP contribution is 2.19. The van der Waals surface area contributed by atoms with Crippen LogP contribution in [0.3, 0.4) is 0 Å². The van der Waals surface area contributed by atoms with Crippen LogP contribution in [0.5, 0.6) is 0 Å². The summed E-state index contributed by atoms with van der Waals surface area (Å²) >= 11 is 1.66. The third kappa shape index (κ3) is 4.44. The molecule has 0 aromatic heterocycles. The molecule has 0 heterocycles. The van der Waals surface area contributed by atoms with Gasteiger partial charge < -0.3 is 5.73 Å². The molecule has 1 aromatic carbocycles. The zero-order chi connectivity index (χ0) is 15.3. The lowest BCUT2D eigenvalue weighted by Crippen LogP contribution is -2.33. The third-order valence-corrected chi connectivity index (χ3v) is 5.16. The van der Waals surface area contributed by atoms with Crippen LogP contribution in [0, 0.1) is 12.7 Å². The normalized spacial score (nSPS) is 13.4. The van der Waals surface area contributed by atoms with Gasteiger partial charge in [0.15, 0.2) is 0 Å². The molecule has 7 heteroatoms. The summed E-state index contributed by atoms with van der Waals surface area (Å²) in [5, 5.41) is 0. The molecule has 0 aliphatic carbocycles. The van der Waals surface area contributed by atoms with Crippen molar-refractivity contribution in [3.8, 4) is 0 Å². The summed E-state index contributed by atoms with van der Waals surface area (Å²) in [7, 11) is -3.64. The number of benzene rings is 1. The van der Waals surface area contributed by atoms with E-state index in [1.165, 1.54) is 19.1 Å². The van der Waals surface area contributed by atoms with Crippen LogP contribution in [-0.4, -0.2) is 26.5 Å². The molecule has 0 bridgehead atoms. The van der Waals surface area contributed by atoms with Crippen LogP contribution in [-0.2, 0) is 16.6 Å². The van der Waals surface area contributed by atoms with E-state index in [9.17, 15) is 12.8 Å². The van der Waals surface area contributed by atoms with Gasteiger partial charge in [-0.1, -0.05) is 0 Å². The van der Waals surface area contributed by atoms with E-state index in [0.717, 1.165) is 12.2 Å². The number of rotatable bonds is 7. The average molecular weight is 320 g/mol. The molecule has 0 amide bonds. The van der Waals surface area contributed by atoms with Crippen molar-refractivity contribution in [3.05, 3.63) is 29.1 Å². The second-order valence-electron chi connectivity index (χ2n) is 4.72. The molecule has 3 N–H and O–H groups in total. The van der Waals surface area contributed by atoms with Crippen LogP contribution in [0.1, 0.15) is 24.5 Å². The van der Waals surface area contributed by atoms with E-state index in [0.29, 0.717) is 0 Å². The smallest absolute Gasteiger partial charge is 0.240 e. The Hall–Kier alpha value is -0.630. The van der Waals surface area contributed by atoms with Crippen molar-refractivity contribution in [1.82, 2.24) is 4.72 Å². The molecular weight excluding hydrogens is 299 g/mol. The molecule has 0 radical (unpaired) electrons. The van der Waals surface area contributed by atoms with Crippen LogP contribution < -0.4 is 10.5 Å². The lowest BCUT2D eigenvalue weighted by molar-refractivity contribution is 0.555. The van der Waals surface area contributed by atoms with Gasteiger partial charge in [0.05, 0.1) is 4.90 Å². The van der Waals surface area contributed by atoms with Gasteiger partial charge in [-0.3, -0.25) is 0 Å². The van der Waals surface area contributed by atoms with Gasteiger partial charge in [0, 0.05) is 18.2 Å². The Labute approximate surface area is 124 Å². The van der Waals surface area contributed by atoms with E-state index < -0.39 is 15.8 Å². The number of halogens is 1. The Kier molecular flexibility index (Phi) is 6.44. The number of hydrogen-bond acceptors (Lipinski definition) is 4. The van der Waals surface area contributed by atoms with Crippen molar-refractivity contribution in [3.63, 3.8) is 0 Å². The first-order valence-corrected chi connectivity index (χ1v) is 9.20. The molecule has 0 aliphatic rings. The first kappa shape index (κ1) is 17.4. The second-order valence-corrected chi connectivity index (χ2v) is 7.42.